The van der Waals surface area contributed by atoms with Gasteiger partial charge in [-0.2, -0.15) is 0 Å². The Hall–Kier alpha value is -1.88. The van der Waals surface area contributed by atoms with E-state index >= 15 is 0 Å². The van der Waals surface area contributed by atoms with E-state index in [1.165, 1.54) is 18.2 Å². The largest absolute Gasteiger partial charge is 0.458 e. The highest BCUT2D eigenvalue weighted by Crippen LogP contribution is 2.22. The van der Waals surface area contributed by atoms with E-state index in [0.717, 1.165) is 0 Å². The Morgan fingerprint density at radius 3 is 2.26 bits per heavy atom. The molecular formula is C14H13BrO4. The lowest BCUT2D eigenvalue weighted by molar-refractivity contribution is 0.0502. The summed E-state index contributed by atoms with van der Waals surface area (Å²) in [6, 6.07) is 4.79. The summed E-state index contributed by atoms with van der Waals surface area (Å²) in [6.07, 6.45) is 2.90. The van der Waals surface area contributed by atoms with Crippen molar-refractivity contribution in [1.82, 2.24) is 0 Å². The van der Waals surface area contributed by atoms with Crippen molar-refractivity contribution >= 4 is 27.9 Å². The summed E-state index contributed by atoms with van der Waals surface area (Å²) in [4.78, 5) is 23.7. The molecule has 0 N–H and O–H groups in total. The molecule has 0 bridgehead atoms. The second kappa shape index (κ2) is 7.53. The molecule has 100 valence electrons. The van der Waals surface area contributed by atoms with E-state index < -0.39 is 11.9 Å². The van der Waals surface area contributed by atoms with Crippen LogP contribution >= 0.6 is 15.9 Å². The van der Waals surface area contributed by atoms with Crippen LogP contribution in [0.4, 0.5) is 0 Å². The Kier molecular flexibility index (Phi) is 6.02. The molecule has 0 aliphatic heterocycles. The van der Waals surface area contributed by atoms with E-state index in [9.17, 15) is 9.59 Å². The maximum atomic E-state index is 11.9. The zero-order valence-corrected chi connectivity index (χ0v) is 11.8. The lowest BCUT2D eigenvalue weighted by atomic mass is 10.1. The van der Waals surface area contributed by atoms with Gasteiger partial charge in [0.15, 0.2) is 0 Å². The molecule has 5 heteroatoms. The summed E-state index contributed by atoms with van der Waals surface area (Å²) in [7, 11) is 0. The summed E-state index contributed by atoms with van der Waals surface area (Å²) in [5.41, 5.74) is 0.281. The van der Waals surface area contributed by atoms with Crippen LogP contribution < -0.4 is 0 Å². The SMILES string of the molecule is C=CCOC(=O)c1cccc(Br)c1C(=O)OCC=C. The summed E-state index contributed by atoms with van der Waals surface area (Å²) in [6.45, 7) is 7.05. The highest BCUT2D eigenvalue weighted by Gasteiger charge is 2.21. The molecule has 1 aromatic rings. The first-order valence-electron chi connectivity index (χ1n) is 5.46. The quantitative estimate of drug-likeness (QED) is 0.596. The first-order valence-corrected chi connectivity index (χ1v) is 6.25. The van der Waals surface area contributed by atoms with Gasteiger partial charge in [0.1, 0.15) is 13.2 Å². The molecule has 4 nitrogen and oxygen atoms in total. The van der Waals surface area contributed by atoms with Gasteiger partial charge in [-0.3, -0.25) is 0 Å². The van der Waals surface area contributed by atoms with Crippen LogP contribution in [0.3, 0.4) is 0 Å². The minimum atomic E-state index is -0.613. The van der Waals surface area contributed by atoms with E-state index in [1.54, 1.807) is 12.1 Å². The van der Waals surface area contributed by atoms with Crippen LogP contribution in [0.15, 0.2) is 48.0 Å². The Balaban J connectivity index is 3.07. The molecule has 19 heavy (non-hydrogen) atoms. The van der Waals surface area contributed by atoms with Gasteiger partial charge in [0.05, 0.1) is 11.1 Å². The standard InChI is InChI=1S/C14H13BrO4/c1-3-8-18-13(16)10-6-5-7-11(15)12(10)14(17)19-9-4-2/h3-7H,1-2,8-9H2. The zero-order chi connectivity index (χ0) is 14.3. The number of rotatable bonds is 6. The number of hydrogen-bond donors (Lipinski definition) is 0. The van der Waals surface area contributed by atoms with Crippen molar-refractivity contribution in [2.45, 2.75) is 0 Å². The fourth-order valence-corrected chi connectivity index (χ4v) is 1.85. The zero-order valence-electron chi connectivity index (χ0n) is 10.2. The Bertz CT molecular complexity index is 508. The van der Waals surface area contributed by atoms with Gasteiger partial charge in [-0.25, -0.2) is 9.59 Å². The molecule has 0 aliphatic carbocycles. The van der Waals surface area contributed by atoms with Gasteiger partial charge in [0.25, 0.3) is 0 Å². The highest BCUT2D eigenvalue weighted by atomic mass is 79.9. The van der Waals surface area contributed by atoms with Crippen molar-refractivity contribution in [3.8, 4) is 0 Å². The Morgan fingerprint density at radius 2 is 1.68 bits per heavy atom. The molecule has 0 radical (unpaired) electrons. The summed E-state index contributed by atoms with van der Waals surface area (Å²) in [5, 5.41) is 0. The smallest absolute Gasteiger partial charge is 0.340 e. The number of esters is 2. The predicted molar refractivity (Wildman–Crippen MR) is 75.1 cm³/mol. The number of benzene rings is 1. The van der Waals surface area contributed by atoms with Crippen LogP contribution in [0.2, 0.25) is 0 Å². The fourth-order valence-electron chi connectivity index (χ4n) is 1.32. The number of carbonyl (C=O) groups excluding carboxylic acids is 2. The third-order valence-electron chi connectivity index (χ3n) is 2.10. The lowest BCUT2D eigenvalue weighted by Gasteiger charge is -2.09. The van der Waals surface area contributed by atoms with Crippen molar-refractivity contribution < 1.29 is 19.1 Å². The molecule has 0 fully saturated rings. The molecule has 0 heterocycles. The maximum absolute atomic E-state index is 11.9. The first-order chi connectivity index (χ1) is 9.11. The topological polar surface area (TPSA) is 52.6 Å². The average Bonchev–Trinajstić information content (AvgIpc) is 2.41. The van der Waals surface area contributed by atoms with Gasteiger partial charge >= 0.3 is 11.9 Å². The normalized spacial score (nSPS) is 9.53. The third kappa shape index (κ3) is 4.06. The molecular weight excluding hydrogens is 312 g/mol. The lowest BCUT2D eigenvalue weighted by Crippen LogP contribution is -2.15. The first kappa shape index (κ1) is 15.2. The maximum Gasteiger partial charge on any atom is 0.340 e. The summed E-state index contributed by atoms with van der Waals surface area (Å²) in [5.74, 6) is -1.22. The van der Waals surface area contributed by atoms with Crippen LogP contribution in [0.25, 0.3) is 0 Å². The van der Waals surface area contributed by atoms with Crippen LogP contribution in [0.1, 0.15) is 20.7 Å². The monoisotopic (exact) mass is 324 g/mol. The summed E-state index contributed by atoms with van der Waals surface area (Å²) >= 11 is 3.22. The molecule has 1 aromatic carbocycles. The van der Waals surface area contributed by atoms with Crippen molar-refractivity contribution in [3.05, 3.63) is 59.1 Å². The minimum absolute atomic E-state index is 0.0707. The fraction of sp³-hybridized carbons (Fsp3) is 0.143. The molecule has 0 atom stereocenters. The predicted octanol–water partition coefficient (Wildman–Crippen LogP) is 3.13. The highest BCUT2D eigenvalue weighted by molar-refractivity contribution is 9.10. The van der Waals surface area contributed by atoms with Crippen molar-refractivity contribution in [1.29, 1.82) is 0 Å². The van der Waals surface area contributed by atoms with Gasteiger partial charge in [0.2, 0.25) is 0 Å². The van der Waals surface area contributed by atoms with Crippen molar-refractivity contribution in [2.24, 2.45) is 0 Å². The van der Waals surface area contributed by atoms with Crippen LogP contribution in [0, 0.1) is 0 Å². The van der Waals surface area contributed by atoms with Gasteiger partial charge in [-0.1, -0.05) is 31.4 Å². The Morgan fingerprint density at radius 1 is 1.11 bits per heavy atom. The van der Waals surface area contributed by atoms with Gasteiger partial charge in [-0.15, -0.1) is 0 Å². The number of halogens is 1. The minimum Gasteiger partial charge on any atom is -0.458 e. The molecule has 0 amide bonds. The molecule has 0 unspecified atom stereocenters. The molecule has 1 rings (SSSR count). The third-order valence-corrected chi connectivity index (χ3v) is 2.76. The molecule has 0 saturated heterocycles. The van der Waals surface area contributed by atoms with Crippen molar-refractivity contribution in [2.75, 3.05) is 13.2 Å². The van der Waals surface area contributed by atoms with Crippen molar-refractivity contribution in [3.63, 3.8) is 0 Å². The van der Waals surface area contributed by atoms with E-state index in [0.29, 0.717) is 4.47 Å². The van der Waals surface area contributed by atoms with Gasteiger partial charge in [-0.05, 0) is 28.1 Å². The van der Waals surface area contributed by atoms with Gasteiger partial charge < -0.3 is 9.47 Å². The van der Waals surface area contributed by atoms with Crippen LogP contribution in [-0.2, 0) is 9.47 Å². The Labute approximate surface area is 119 Å². The molecule has 0 saturated carbocycles. The molecule has 0 aromatic heterocycles. The van der Waals surface area contributed by atoms with Crippen LogP contribution in [0.5, 0.6) is 0 Å². The number of hydrogen-bond acceptors (Lipinski definition) is 4. The number of ether oxygens (including phenoxy) is 2. The second-order valence-electron chi connectivity index (χ2n) is 3.44. The number of carbonyl (C=O) groups is 2. The van der Waals surface area contributed by atoms with E-state index in [2.05, 4.69) is 29.1 Å². The molecule has 0 spiro atoms. The van der Waals surface area contributed by atoms with Gasteiger partial charge in [0, 0.05) is 4.47 Å². The molecule has 0 aliphatic rings. The second-order valence-corrected chi connectivity index (χ2v) is 4.29. The van der Waals surface area contributed by atoms with E-state index in [4.69, 9.17) is 9.47 Å². The van der Waals surface area contributed by atoms with Crippen LogP contribution in [-0.4, -0.2) is 25.2 Å². The summed E-state index contributed by atoms with van der Waals surface area (Å²) < 4.78 is 10.3. The van der Waals surface area contributed by atoms with E-state index in [-0.39, 0.29) is 24.3 Å². The van der Waals surface area contributed by atoms with E-state index in [1.807, 2.05) is 0 Å². The average molecular weight is 325 g/mol.